The van der Waals surface area contributed by atoms with E-state index in [9.17, 15) is 4.79 Å². The minimum atomic E-state index is 0.0962. The maximum atomic E-state index is 11.7. The lowest BCUT2D eigenvalue weighted by Gasteiger charge is -2.30. The van der Waals surface area contributed by atoms with Gasteiger partial charge in [0.05, 0.1) is 17.3 Å². The number of nitrogens with one attached hydrogen (secondary N) is 2. The van der Waals surface area contributed by atoms with Crippen LogP contribution in [0.2, 0.25) is 0 Å². The zero-order chi connectivity index (χ0) is 11.1. The number of aromatic amines is 1. The summed E-state index contributed by atoms with van der Waals surface area (Å²) in [6, 6.07) is 0.479. The minimum Gasteiger partial charge on any atom is -0.307 e. The summed E-state index contributed by atoms with van der Waals surface area (Å²) in [6.45, 7) is 3.80. The summed E-state index contributed by atoms with van der Waals surface area (Å²) in [5.41, 5.74) is 2.22. The molecule has 0 radical (unpaired) electrons. The molecular weight excluding hydrogens is 204 g/mol. The van der Waals surface area contributed by atoms with Crippen molar-refractivity contribution in [3.8, 4) is 0 Å². The molecule has 1 saturated heterocycles. The van der Waals surface area contributed by atoms with Crippen LogP contribution >= 0.6 is 0 Å². The van der Waals surface area contributed by atoms with Gasteiger partial charge in [-0.05, 0) is 33.0 Å². The molecule has 16 heavy (non-hydrogen) atoms. The average molecular weight is 222 g/mol. The molecule has 2 N–H and O–H groups in total. The molecule has 0 aliphatic carbocycles. The number of hydrogen-bond acceptors (Lipinski definition) is 3. The van der Waals surface area contributed by atoms with Gasteiger partial charge in [-0.1, -0.05) is 0 Å². The van der Waals surface area contributed by atoms with E-state index in [1.54, 1.807) is 0 Å². The van der Waals surface area contributed by atoms with Crippen LogP contribution in [0, 0.1) is 0 Å². The summed E-state index contributed by atoms with van der Waals surface area (Å²) in [5.74, 6) is 0. The van der Waals surface area contributed by atoms with Crippen LogP contribution < -0.4 is 10.9 Å². The minimum absolute atomic E-state index is 0.0962. The van der Waals surface area contributed by atoms with Crippen molar-refractivity contribution in [3.05, 3.63) is 21.6 Å². The van der Waals surface area contributed by atoms with Gasteiger partial charge < -0.3 is 10.2 Å². The lowest BCUT2D eigenvalue weighted by Crippen LogP contribution is -2.33. The lowest BCUT2D eigenvalue weighted by atomic mass is 10.1. The van der Waals surface area contributed by atoms with Crippen LogP contribution in [0.25, 0.3) is 0 Å². The second kappa shape index (κ2) is 3.75. The van der Waals surface area contributed by atoms with Crippen molar-refractivity contribution >= 4 is 0 Å². The van der Waals surface area contributed by atoms with E-state index in [1.807, 2.05) is 0 Å². The number of rotatable bonds is 1. The Balaban J connectivity index is 1.90. The van der Waals surface area contributed by atoms with Gasteiger partial charge in [0.25, 0.3) is 5.56 Å². The van der Waals surface area contributed by atoms with E-state index in [1.165, 1.54) is 5.69 Å². The number of H-pyrrole nitrogens is 1. The van der Waals surface area contributed by atoms with Crippen molar-refractivity contribution in [1.82, 2.24) is 20.0 Å². The van der Waals surface area contributed by atoms with E-state index < -0.39 is 0 Å². The first kappa shape index (κ1) is 10.1. The standard InChI is InChI=1S/C11H18N4O/c1-14-4-2-8(3-5-14)15-10-7-12-6-9(10)11(16)13-15/h8,12H,2-7H2,1H3,(H,13,16). The van der Waals surface area contributed by atoms with E-state index in [2.05, 4.69) is 27.0 Å². The zero-order valence-corrected chi connectivity index (χ0v) is 9.62. The number of piperidine rings is 1. The highest BCUT2D eigenvalue weighted by Gasteiger charge is 2.25. The molecule has 1 fully saturated rings. The molecule has 0 bridgehead atoms. The van der Waals surface area contributed by atoms with Crippen LogP contribution in [0.15, 0.2) is 4.79 Å². The number of nitrogens with zero attached hydrogens (tertiary/aromatic N) is 2. The molecule has 3 heterocycles. The summed E-state index contributed by atoms with van der Waals surface area (Å²) in [5, 5.41) is 6.25. The molecule has 0 amide bonds. The van der Waals surface area contributed by atoms with E-state index >= 15 is 0 Å². The van der Waals surface area contributed by atoms with Crippen molar-refractivity contribution < 1.29 is 0 Å². The molecule has 0 atom stereocenters. The molecule has 0 aromatic carbocycles. The molecule has 2 aliphatic heterocycles. The smallest absolute Gasteiger partial charge is 0.268 e. The SMILES string of the molecule is CN1CCC(n2[nH]c(=O)c3c2CNC3)CC1. The number of fused-ring (bicyclic) bond motifs is 1. The van der Waals surface area contributed by atoms with E-state index in [4.69, 9.17) is 0 Å². The first-order valence-corrected chi connectivity index (χ1v) is 5.97. The zero-order valence-electron chi connectivity index (χ0n) is 9.62. The van der Waals surface area contributed by atoms with Gasteiger partial charge in [-0.15, -0.1) is 0 Å². The maximum Gasteiger partial charge on any atom is 0.268 e. The van der Waals surface area contributed by atoms with Gasteiger partial charge in [-0.25, -0.2) is 0 Å². The monoisotopic (exact) mass is 222 g/mol. The fourth-order valence-electron chi connectivity index (χ4n) is 2.77. The molecule has 1 aromatic rings. The van der Waals surface area contributed by atoms with Crippen LogP contribution in [0.4, 0.5) is 0 Å². The lowest BCUT2D eigenvalue weighted by molar-refractivity contribution is 0.209. The molecule has 2 aliphatic rings. The maximum absolute atomic E-state index is 11.7. The Morgan fingerprint density at radius 1 is 1.25 bits per heavy atom. The fraction of sp³-hybridized carbons (Fsp3) is 0.727. The third-order valence-electron chi connectivity index (χ3n) is 3.78. The normalized spacial score (nSPS) is 22.6. The fourth-order valence-corrected chi connectivity index (χ4v) is 2.77. The summed E-state index contributed by atoms with van der Waals surface area (Å²) >= 11 is 0. The molecular formula is C11H18N4O. The first-order valence-electron chi connectivity index (χ1n) is 5.97. The van der Waals surface area contributed by atoms with Crippen molar-refractivity contribution in [3.63, 3.8) is 0 Å². The summed E-state index contributed by atoms with van der Waals surface area (Å²) in [7, 11) is 2.15. The van der Waals surface area contributed by atoms with Crippen molar-refractivity contribution in [2.24, 2.45) is 0 Å². The Kier molecular flexibility index (Phi) is 2.37. The number of likely N-dealkylation sites (tertiary alicyclic amines) is 1. The summed E-state index contributed by atoms with van der Waals surface area (Å²) in [4.78, 5) is 14.1. The molecule has 5 heteroatoms. The quantitative estimate of drug-likeness (QED) is 0.706. The number of hydrogen-bond donors (Lipinski definition) is 2. The molecule has 3 rings (SSSR count). The molecule has 5 nitrogen and oxygen atoms in total. The Morgan fingerprint density at radius 3 is 2.75 bits per heavy atom. The van der Waals surface area contributed by atoms with Crippen LogP contribution in [0.5, 0.6) is 0 Å². The molecule has 88 valence electrons. The van der Waals surface area contributed by atoms with E-state index in [-0.39, 0.29) is 5.56 Å². The van der Waals surface area contributed by atoms with Crippen LogP contribution in [-0.2, 0) is 13.1 Å². The van der Waals surface area contributed by atoms with Gasteiger partial charge in [0.1, 0.15) is 0 Å². The van der Waals surface area contributed by atoms with Gasteiger partial charge >= 0.3 is 0 Å². The summed E-state index contributed by atoms with van der Waals surface area (Å²) in [6.07, 6.45) is 2.26. The van der Waals surface area contributed by atoms with E-state index in [0.717, 1.165) is 44.6 Å². The van der Waals surface area contributed by atoms with Gasteiger partial charge in [0.15, 0.2) is 0 Å². The van der Waals surface area contributed by atoms with Crippen LogP contribution in [0.1, 0.15) is 30.1 Å². The second-order valence-corrected chi connectivity index (χ2v) is 4.87. The summed E-state index contributed by atoms with van der Waals surface area (Å²) < 4.78 is 2.12. The van der Waals surface area contributed by atoms with Gasteiger partial charge in [-0.3, -0.25) is 14.6 Å². The third-order valence-corrected chi connectivity index (χ3v) is 3.78. The molecule has 0 unspecified atom stereocenters. The van der Waals surface area contributed by atoms with Gasteiger partial charge in [0, 0.05) is 13.1 Å². The number of aromatic nitrogens is 2. The van der Waals surface area contributed by atoms with Gasteiger partial charge in [-0.2, -0.15) is 0 Å². The van der Waals surface area contributed by atoms with Crippen molar-refractivity contribution in [2.75, 3.05) is 20.1 Å². The first-order chi connectivity index (χ1) is 7.75. The highest BCUT2D eigenvalue weighted by atomic mass is 16.1. The molecule has 1 aromatic heterocycles. The Hall–Kier alpha value is -1.07. The Morgan fingerprint density at radius 2 is 2.00 bits per heavy atom. The van der Waals surface area contributed by atoms with Crippen molar-refractivity contribution in [2.45, 2.75) is 32.0 Å². The largest absolute Gasteiger partial charge is 0.307 e. The van der Waals surface area contributed by atoms with E-state index in [0.29, 0.717) is 6.04 Å². The third kappa shape index (κ3) is 1.51. The average Bonchev–Trinajstić information content (AvgIpc) is 2.84. The van der Waals surface area contributed by atoms with Crippen molar-refractivity contribution in [1.29, 1.82) is 0 Å². The second-order valence-electron chi connectivity index (χ2n) is 4.87. The van der Waals surface area contributed by atoms with Crippen LogP contribution in [-0.4, -0.2) is 34.8 Å². The predicted molar refractivity (Wildman–Crippen MR) is 61.4 cm³/mol. The Labute approximate surface area is 94.4 Å². The highest BCUT2D eigenvalue weighted by molar-refractivity contribution is 5.22. The predicted octanol–water partition coefficient (Wildman–Crippen LogP) is 0.0463. The molecule has 0 saturated carbocycles. The van der Waals surface area contributed by atoms with Gasteiger partial charge in [0.2, 0.25) is 0 Å². The highest BCUT2D eigenvalue weighted by Crippen LogP contribution is 2.24. The Bertz CT molecular complexity index is 439. The molecule has 0 spiro atoms. The van der Waals surface area contributed by atoms with Crippen LogP contribution in [0.3, 0.4) is 0 Å². The topological polar surface area (TPSA) is 53.1 Å².